The monoisotopic (exact) mass is 367 g/mol. The Morgan fingerprint density at radius 1 is 1.28 bits per heavy atom. The molecule has 0 radical (unpaired) electrons. The van der Waals surface area contributed by atoms with Crippen molar-refractivity contribution >= 4 is 23.4 Å². The van der Waals surface area contributed by atoms with Crippen molar-refractivity contribution in [3.8, 4) is 0 Å². The number of ether oxygens (including phenoxy) is 1. The molecular weight excluding hydrogens is 342 g/mol. The molecule has 0 saturated heterocycles. The van der Waals surface area contributed by atoms with E-state index in [-0.39, 0.29) is 17.9 Å². The molecule has 4 N–H and O–H groups in total. The number of hydrogen-bond acceptors (Lipinski definition) is 4. The molecule has 6 nitrogen and oxygen atoms in total. The van der Waals surface area contributed by atoms with Crippen molar-refractivity contribution < 1.29 is 14.3 Å². The maximum atomic E-state index is 12.5. The number of nitrogens with one attached hydrogen (secondary N) is 2. The van der Waals surface area contributed by atoms with Crippen LogP contribution in [-0.2, 0) is 9.53 Å². The first-order valence-corrected chi connectivity index (χ1v) is 8.83. The van der Waals surface area contributed by atoms with Crippen LogP contribution in [0.2, 0.25) is 5.02 Å². The lowest BCUT2D eigenvalue weighted by molar-refractivity contribution is -0.170. The van der Waals surface area contributed by atoms with Gasteiger partial charge in [-0.2, -0.15) is 0 Å². The topological polar surface area (TPSA) is 93.4 Å². The van der Waals surface area contributed by atoms with Gasteiger partial charge in [-0.15, -0.1) is 0 Å². The fourth-order valence-electron chi connectivity index (χ4n) is 3.07. The molecule has 0 heterocycles. The number of carbonyl (C=O) groups is 2. The standard InChI is InChI=1S/C18H26ClN3O3/c1-4-25-14-11-18(20,17(14,2)3)16(24)22-10-9-21-15(23)12-7-5-6-8-13(12)19/h5-8,14H,4,9-11,20H2,1-3H3,(H,21,23)(H,22,24). The number of halogens is 1. The zero-order valence-electron chi connectivity index (χ0n) is 14.9. The Balaban J connectivity index is 1.80. The van der Waals surface area contributed by atoms with Gasteiger partial charge in [-0.1, -0.05) is 37.6 Å². The van der Waals surface area contributed by atoms with Crippen molar-refractivity contribution in [1.82, 2.24) is 10.6 Å². The van der Waals surface area contributed by atoms with Crippen LogP contribution >= 0.6 is 11.6 Å². The van der Waals surface area contributed by atoms with Crippen molar-refractivity contribution in [3.05, 3.63) is 34.9 Å². The van der Waals surface area contributed by atoms with E-state index in [1.54, 1.807) is 24.3 Å². The molecule has 2 unspecified atom stereocenters. The van der Waals surface area contributed by atoms with Gasteiger partial charge < -0.3 is 21.1 Å². The van der Waals surface area contributed by atoms with E-state index >= 15 is 0 Å². The Bertz CT molecular complexity index is 650. The van der Waals surface area contributed by atoms with Crippen LogP contribution in [0.3, 0.4) is 0 Å². The Hall–Kier alpha value is -1.63. The summed E-state index contributed by atoms with van der Waals surface area (Å²) < 4.78 is 5.63. The molecule has 0 spiro atoms. The van der Waals surface area contributed by atoms with Crippen LogP contribution in [0.1, 0.15) is 37.6 Å². The average Bonchev–Trinajstić information content (AvgIpc) is 2.58. The first-order chi connectivity index (χ1) is 11.7. The minimum atomic E-state index is -0.959. The van der Waals surface area contributed by atoms with Crippen molar-refractivity contribution in [2.75, 3.05) is 19.7 Å². The number of benzene rings is 1. The second kappa shape index (κ2) is 7.72. The number of nitrogens with two attached hydrogens (primary N) is 1. The highest BCUT2D eigenvalue weighted by Crippen LogP contribution is 2.49. The van der Waals surface area contributed by atoms with Gasteiger partial charge in [-0.05, 0) is 19.1 Å². The van der Waals surface area contributed by atoms with Gasteiger partial charge in [0.15, 0.2) is 0 Å². The fourth-order valence-corrected chi connectivity index (χ4v) is 3.29. The van der Waals surface area contributed by atoms with Gasteiger partial charge in [0.1, 0.15) is 5.54 Å². The van der Waals surface area contributed by atoms with Gasteiger partial charge in [0.2, 0.25) is 5.91 Å². The molecule has 1 aromatic rings. The highest BCUT2D eigenvalue weighted by Gasteiger charge is 2.62. The third kappa shape index (κ3) is 3.81. The normalized spacial score (nSPS) is 24.3. The quantitative estimate of drug-likeness (QED) is 0.639. The molecule has 138 valence electrons. The van der Waals surface area contributed by atoms with Gasteiger partial charge in [-0.25, -0.2) is 0 Å². The molecular formula is C18H26ClN3O3. The minimum Gasteiger partial charge on any atom is -0.378 e. The molecule has 7 heteroatoms. The van der Waals surface area contributed by atoms with Crippen molar-refractivity contribution in [1.29, 1.82) is 0 Å². The van der Waals surface area contributed by atoms with Crippen LogP contribution in [0.15, 0.2) is 24.3 Å². The first-order valence-electron chi connectivity index (χ1n) is 8.45. The molecule has 2 amide bonds. The Kier molecular flexibility index (Phi) is 6.08. The number of amides is 2. The molecule has 0 aliphatic heterocycles. The van der Waals surface area contributed by atoms with E-state index in [1.807, 2.05) is 20.8 Å². The molecule has 0 bridgehead atoms. The summed E-state index contributed by atoms with van der Waals surface area (Å²) in [5.74, 6) is -0.497. The molecule has 1 aliphatic rings. The van der Waals surface area contributed by atoms with E-state index in [2.05, 4.69) is 10.6 Å². The summed E-state index contributed by atoms with van der Waals surface area (Å²) in [5, 5.41) is 5.92. The summed E-state index contributed by atoms with van der Waals surface area (Å²) >= 11 is 5.98. The lowest BCUT2D eigenvalue weighted by Crippen LogP contribution is -2.75. The first kappa shape index (κ1) is 19.7. The van der Waals surface area contributed by atoms with E-state index in [9.17, 15) is 9.59 Å². The average molecular weight is 368 g/mol. The molecule has 1 fully saturated rings. The SMILES string of the molecule is CCOC1CC(N)(C(=O)NCCNC(=O)c2ccccc2Cl)C1(C)C. The van der Waals surface area contributed by atoms with Gasteiger partial charge in [0, 0.05) is 31.5 Å². The number of hydrogen-bond donors (Lipinski definition) is 3. The van der Waals surface area contributed by atoms with Gasteiger partial charge in [0.25, 0.3) is 5.91 Å². The van der Waals surface area contributed by atoms with Gasteiger partial charge in [-0.3, -0.25) is 9.59 Å². The van der Waals surface area contributed by atoms with Crippen LogP contribution in [0.25, 0.3) is 0 Å². The molecule has 1 aliphatic carbocycles. The summed E-state index contributed by atoms with van der Waals surface area (Å²) in [6, 6.07) is 6.81. The predicted molar refractivity (Wildman–Crippen MR) is 97.5 cm³/mol. The second-order valence-corrected chi connectivity index (χ2v) is 7.24. The Labute approximate surface area is 153 Å². The molecule has 25 heavy (non-hydrogen) atoms. The third-order valence-corrected chi connectivity index (χ3v) is 5.38. The lowest BCUT2D eigenvalue weighted by Gasteiger charge is -2.57. The fraction of sp³-hybridized carbons (Fsp3) is 0.556. The third-order valence-electron chi connectivity index (χ3n) is 5.05. The van der Waals surface area contributed by atoms with Crippen molar-refractivity contribution in [3.63, 3.8) is 0 Å². The predicted octanol–water partition coefficient (Wildman–Crippen LogP) is 1.72. The Morgan fingerprint density at radius 3 is 2.52 bits per heavy atom. The zero-order chi connectivity index (χ0) is 18.7. The summed E-state index contributed by atoms with van der Waals surface area (Å²) in [6.45, 7) is 6.99. The van der Waals surface area contributed by atoms with E-state index < -0.39 is 11.0 Å². The highest BCUT2D eigenvalue weighted by molar-refractivity contribution is 6.33. The molecule has 0 aromatic heterocycles. The minimum absolute atomic E-state index is 0.0202. The van der Waals surface area contributed by atoms with Crippen LogP contribution < -0.4 is 16.4 Å². The van der Waals surface area contributed by atoms with Crippen LogP contribution in [-0.4, -0.2) is 43.2 Å². The van der Waals surface area contributed by atoms with E-state index in [0.717, 1.165) is 0 Å². The maximum Gasteiger partial charge on any atom is 0.252 e. The summed E-state index contributed by atoms with van der Waals surface area (Å²) in [5.41, 5.74) is 5.31. The van der Waals surface area contributed by atoms with Gasteiger partial charge in [0.05, 0.1) is 16.7 Å². The summed E-state index contributed by atoms with van der Waals surface area (Å²) in [4.78, 5) is 24.5. The largest absolute Gasteiger partial charge is 0.378 e. The van der Waals surface area contributed by atoms with E-state index in [4.69, 9.17) is 22.1 Å². The van der Waals surface area contributed by atoms with E-state index in [1.165, 1.54) is 0 Å². The van der Waals surface area contributed by atoms with Crippen LogP contribution in [0, 0.1) is 5.41 Å². The number of rotatable bonds is 7. The Morgan fingerprint density at radius 2 is 1.92 bits per heavy atom. The lowest BCUT2D eigenvalue weighted by atomic mass is 9.54. The van der Waals surface area contributed by atoms with Crippen LogP contribution in [0.4, 0.5) is 0 Å². The zero-order valence-corrected chi connectivity index (χ0v) is 15.7. The molecule has 2 rings (SSSR count). The van der Waals surface area contributed by atoms with Crippen molar-refractivity contribution in [2.24, 2.45) is 11.1 Å². The van der Waals surface area contributed by atoms with Gasteiger partial charge >= 0.3 is 0 Å². The van der Waals surface area contributed by atoms with E-state index in [0.29, 0.717) is 36.7 Å². The van der Waals surface area contributed by atoms with Crippen LogP contribution in [0.5, 0.6) is 0 Å². The van der Waals surface area contributed by atoms with Crippen molar-refractivity contribution in [2.45, 2.75) is 38.8 Å². The molecule has 1 aromatic carbocycles. The smallest absolute Gasteiger partial charge is 0.252 e. The second-order valence-electron chi connectivity index (χ2n) is 6.83. The maximum absolute atomic E-state index is 12.5. The highest BCUT2D eigenvalue weighted by atomic mass is 35.5. The summed E-state index contributed by atoms with van der Waals surface area (Å²) in [6.07, 6.45) is 0.472. The summed E-state index contributed by atoms with van der Waals surface area (Å²) in [7, 11) is 0. The molecule has 1 saturated carbocycles. The number of carbonyl (C=O) groups excluding carboxylic acids is 2. The molecule has 2 atom stereocenters.